The fraction of sp³-hybridized carbons (Fsp3) is 0.941. The molecule has 0 aromatic rings. The number of unbranched alkanes of at least 4 members (excludes halogenated alkanes) is 13. The van der Waals surface area contributed by atoms with Gasteiger partial charge in [-0.1, -0.05) is 77.0 Å². The van der Waals surface area contributed by atoms with E-state index in [9.17, 15) is 9.36 Å². The molecule has 0 spiro atoms. The van der Waals surface area contributed by atoms with Crippen LogP contribution in [-0.2, 0) is 9.36 Å². The van der Waals surface area contributed by atoms with Crippen molar-refractivity contribution in [3.8, 4) is 0 Å². The maximum Gasteiger partial charge on any atom is 0.325 e. The molecule has 0 aliphatic rings. The summed E-state index contributed by atoms with van der Waals surface area (Å²) < 4.78 is 10.7. The van der Waals surface area contributed by atoms with Crippen molar-refractivity contribution in [2.45, 2.75) is 89.9 Å². The summed E-state index contributed by atoms with van der Waals surface area (Å²) in [7, 11) is -3.78. The molecule has 0 aromatic heterocycles. The molecule has 0 radical (unpaired) electrons. The Kier molecular flexibility index (Phi) is 16.1. The fourth-order valence-electron chi connectivity index (χ4n) is 2.68. The van der Waals surface area contributed by atoms with Gasteiger partial charge in [-0.2, -0.15) is 0 Å². The molecule has 0 aromatic carbocycles. The zero-order valence-corrected chi connectivity index (χ0v) is 15.3. The number of hydrogen-bond donors (Lipinski definition) is 2. The molecule has 0 bridgehead atoms. The van der Waals surface area contributed by atoms with E-state index in [2.05, 4.69) is 4.99 Å². The molecule has 0 saturated heterocycles. The summed E-state index contributed by atoms with van der Waals surface area (Å²) in [6.07, 6.45) is 17.9. The summed E-state index contributed by atoms with van der Waals surface area (Å²) in [5.74, 6) is 0. The molecule has 0 amide bonds. The fourth-order valence-corrected chi connectivity index (χ4v) is 3.31. The van der Waals surface area contributed by atoms with Crippen molar-refractivity contribution >= 4 is 13.7 Å². The van der Waals surface area contributed by atoms with Gasteiger partial charge in [-0.05, 0) is 12.8 Å². The third-order valence-corrected chi connectivity index (χ3v) is 4.93. The van der Waals surface area contributed by atoms with Gasteiger partial charge in [0.15, 0.2) is 0 Å². The van der Waals surface area contributed by atoms with Crippen molar-refractivity contribution in [1.82, 2.24) is 0 Å². The van der Waals surface area contributed by atoms with E-state index in [1.807, 2.05) is 0 Å². The average Bonchev–Trinajstić information content (AvgIpc) is 2.49. The molecule has 0 fully saturated rings. The van der Waals surface area contributed by atoms with Crippen LogP contribution in [-0.4, -0.2) is 28.6 Å². The van der Waals surface area contributed by atoms with Gasteiger partial charge >= 0.3 is 7.60 Å². The van der Waals surface area contributed by atoms with Gasteiger partial charge in [0.1, 0.15) is 0 Å². The smallest absolute Gasteiger partial charge is 0.324 e. The SMILES string of the molecule is O=C=NCCCCCCCCCCCCCCCCP(=O)(O)O. The molecular weight excluding hydrogens is 313 g/mol. The van der Waals surface area contributed by atoms with Gasteiger partial charge in [-0.3, -0.25) is 4.57 Å². The van der Waals surface area contributed by atoms with Crippen LogP contribution in [0.5, 0.6) is 0 Å². The lowest BCUT2D eigenvalue weighted by atomic mass is 10.0. The van der Waals surface area contributed by atoms with Crippen LogP contribution in [0.2, 0.25) is 0 Å². The van der Waals surface area contributed by atoms with E-state index in [-0.39, 0.29) is 6.16 Å². The van der Waals surface area contributed by atoms with Gasteiger partial charge in [0, 0.05) is 6.16 Å². The van der Waals surface area contributed by atoms with Gasteiger partial charge in [0.05, 0.1) is 6.54 Å². The second-order valence-corrected chi connectivity index (χ2v) is 8.09. The number of nitrogens with zero attached hydrogens (tertiary/aromatic N) is 1. The molecule has 0 aliphatic carbocycles. The van der Waals surface area contributed by atoms with Crippen LogP contribution in [0.15, 0.2) is 4.99 Å². The van der Waals surface area contributed by atoms with Gasteiger partial charge < -0.3 is 9.79 Å². The highest BCUT2D eigenvalue weighted by molar-refractivity contribution is 7.51. The largest absolute Gasteiger partial charge is 0.325 e. The Morgan fingerprint density at radius 3 is 1.35 bits per heavy atom. The van der Waals surface area contributed by atoms with E-state index in [1.165, 1.54) is 57.8 Å². The lowest BCUT2D eigenvalue weighted by Crippen LogP contribution is -1.88. The standard InChI is InChI=1S/C17H34NO4P/c19-17-18-15-13-11-9-7-5-3-1-2-4-6-8-10-12-14-16-23(20,21)22/h1-16H2,(H2,20,21,22). The Balaban J connectivity index is 3.05. The summed E-state index contributed by atoms with van der Waals surface area (Å²) in [5.41, 5.74) is 0. The quantitative estimate of drug-likeness (QED) is 0.168. The zero-order chi connectivity index (χ0) is 17.2. The lowest BCUT2D eigenvalue weighted by molar-refractivity contribution is 0.370. The Hall–Kier alpha value is -0.470. The van der Waals surface area contributed by atoms with Crippen LogP contribution in [0.25, 0.3) is 0 Å². The van der Waals surface area contributed by atoms with Crippen LogP contribution in [0.3, 0.4) is 0 Å². The molecule has 0 heterocycles. The van der Waals surface area contributed by atoms with Crippen LogP contribution >= 0.6 is 7.60 Å². The van der Waals surface area contributed by atoms with E-state index in [0.717, 1.165) is 25.7 Å². The Labute approximate surface area is 141 Å². The van der Waals surface area contributed by atoms with Crippen LogP contribution in [0, 0.1) is 0 Å². The minimum atomic E-state index is -3.78. The first-order valence-corrected chi connectivity index (χ1v) is 10.9. The zero-order valence-electron chi connectivity index (χ0n) is 14.4. The monoisotopic (exact) mass is 347 g/mol. The van der Waals surface area contributed by atoms with Crippen LogP contribution in [0.4, 0.5) is 0 Å². The Morgan fingerprint density at radius 2 is 1.00 bits per heavy atom. The maximum atomic E-state index is 10.7. The van der Waals surface area contributed by atoms with E-state index >= 15 is 0 Å². The van der Waals surface area contributed by atoms with Gasteiger partial charge in [-0.25, -0.2) is 9.79 Å². The molecule has 6 heteroatoms. The number of hydrogen-bond acceptors (Lipinski definition) is 3. The van der Waals surface area contributed by atoms with Gasteiger partial charge in [-0.15, -0.1) is 0 Å². The molecule has 0 atom stereocenters. The van der Waals surface area contributed by atoms with Crippen LogP contribution < -0.4 is 0 Å². The van der Waals surface area contributed by atoms with Crippen LogP contribution in [0.1, 0.15) is 89.9 Å². The molecule has 5 nitrogen and oxygen atoms in total. The number of carbonyl (C=O) groups excluding carboxylic acids is 1. The molecule has 2 N–H and O–H groups in total. The molecule has 0 unspecified atom stereocenters. The second kappa shape index (κ2) is 16.4. The van der Waals surface area contributed by atoms with Crippen molar-refractivity contribution < 1.29 is 19.1 Å². The summed E-state index contributed by atoms with van der Waals surface area (Å²) >= 11 is 0. The molecule has 0 saturated carbocycles. The molecular formula is C17H34NO4P. The van der Waals surface area contributed by atoms with Crippen molar-refractivity contribution in [2.24, 2.45) is 4.99 Å². The highest BCUT2D eigenvalue weighted by Gasteiger charge is 2.10. The van der Waals surface area contributed by atoms with Crippen molar-refractivity contribution in [3.05, 3.63) is 0 Å². The summed E-state index contributed by atoms with van der Waals surface area (Å²) in [4.78, 5) is 30.9. The molecule has 0 aliphatic heterocycles. The minimum absolute atomic E-state index is 0.0390. The summed E-state index contributed by atoms with van der Waals surface area (Å²) in [6.45, 7) is 0.628. The average molecular weight is 347 g/mol. The molecule has 136 valence electrons. The van der Waals surface area contributed by atoms with E-state index < -0.39 is 7.60 Å². The van der Waals surface area contributed by atoms with Crippen molar-refractivity contribution in [2.75, 3.05) is 12.7 Å². The summed E-state index contributed by atoms with van der Waals surface area (Å²) in [5, 5.41) is 0. The third kappa shape index (κ3) is 21.5. The first-order chi connectivity index (χ1) is 11.1. The number of isocyanates is 1. The first-order valence-electron chi connectivity index (χ1n) is 9.14. The van der Waals surface area contributed by atoms with E-state index in [1.54, 1.807) is 6.08 Å². The number of aliphatic imine (C=N–C) groups is 1. The topological polar surface area (TPSA) is 87.0 Å². The number of rotatable bonds is 17. The summed E-state index contributed by atoms with van der Waals surface area (Å²) in [6, 6.07) is 0. The third-order valence-electron chi connectivity index (χ3n) is 4.03. The highest BCUT2D eigenvalue weighted by Crippen LogP contribution is 2.35. The minimum Gasteiger partial charge on any atom is -0.324 e. The normalized spacial score (nSPS) is 11.4. The first kappa shape index (κ1) is 22.5. The highest BCUT2D eigenvalue weighted by atomic mass is 31.2. The molecule has 0 rings (SSSR count). The van der Waals surface area contributed by atoms with Crippen molar-refractivity contribution in [3.63, 3.8) is 0 Å². The molecule has 23 heavy (non-hydrogen) atoms. The van der Waals surface area contributed by atoms with Gasteiger partial charge in [0.2, 0.25) is 6.08 Å². The van der Waals surface area contributed by atoms with E-state index in [0.29, 0.717) is 13.0 Å². The van der Waals surface area contributed by atoms with Crippen molar-refractivity contribution in [1.29, 1.82) is 0 Å². The second-order valence-electron chi connectivity index (χ2n) is 6.31. The maximum absolute atomic E-state index is 10.7. The Bertz CT molecular complexity index is 351. The predicted molar refractivity (Wildman–Crippen MR) is 94.5 cm³/mol. The lowest BCUT2D eigenvalue weighted by Gasteiger charge is -2.04. The van der Waals surface area contributed by atoms with Gasteiger partial charge in [0.25, 0.3) is 0 Å². The predicted octanol–water partition coefficient (Wildman–Crippen LogP) is 4.96. The Morgan fingerprint density at radius 1 is 0.652 bits per heavy atom. The van der Waals surface area contributed by atoms with E-state index in [4.69, 9.17) is 9.79 Å².